The normalized spacial score (nSPS) is 18.4. The van der Waals surface area contributed by atoms with Crippen LogP contribution in [0.15, 0.2) is 63.9 Å². The molecule has 60 heavy (non-hydrogen) atoms. The third-order valence-electron chi connectivity index (χ3n) is 11.6. The Balaban J connectivity index is 0.000000204. The second kappa shape index (κ2) is 20.7. The van der Waals surface area contributed by atoms with E-state index >= 15 is 0 Å². The molecule has 2 aliphatic carbocycles. The van der Waals surface area contributed by atoms with Crippen LogP contribution in [0, 0.1) is 18.8 Å². The van der Waals surface area contributed by atoms with Crippen molar-refractivity contribution in [3.05, 3.63) is 94.5 Å². The van der Waals surface area contributed by atoms with Gasteiger partial charge in [-0.1, -0.05) is 36.3 Å². The molecular formula is C45H61N9O6. The highest BCUT2D eigenvalue weighted by molar-refractivity contribution is 6.04. The number of likely N-dealkylation sites (tertiary alicyclic amines) is 1. The molecule has 5 heterocycles. The summed E-state index contributed by atoms with van der Waals surface area (Å²) in [6.45, 7) is 12.8. The summed E-state index contributed by atoms with van der Waals surface area (Å²) in [5.74, 6) is 2.39. The lowest BCUT2D eigenvalue weighted by atomic mass is 9.85. The van der Waals surface area contributed by atoms with Crippen LogP contribution in [-0.4, -0.2) is 82.1 Å². The first kappa shape index (κ1) is 44.2. The van der Waals surface area contributed by atoms with Crippen LogP contribution in [0.3, 0.4) is 0 Å². The first-order chi connectivity index (χ1) is 29.0. The average Bonchev–Trinajstić information content (AvgIpc) is 4.21. The quantitative estimate of drug-likeness (QED) is 0.108. The largest absolute Gasteiger partial charge is 0.360 e. The van der Waals surface area contributed by atoms with Crippen molar-refractivity contribution in [1.29, 1.82) is 0 Å². The van der Waals surface area contributed by atoms with Crippen molar-refractivity contribution < 1.29 is 28.2 Å². The molecule has 1 aromatic carbocycles. The van der Waals surface area contributed by atoms with E-state index in [1.54, 1.807) is 37.5 Å². The van der Waals surface area contributed by atoms with Gasteiger partial charge >= 0.3 is 0 Å². The lowest BCUT2D eigenvalue weighted by Gasteiger charge is -2.35. The maximum Gasteiger partial charge on any atom is 0.273 e. The van der Waals surface area contributed by atoms with E-state index in [4.69, 9.17) is 14.8 Å². The predicted molar refractivity (Wildman–Crippen MR) is 227 cm³/mol. The Labute approximate surface area is 352 Å². The van der Waals surface area contributed by atoms with Crippen LogP contribution in [0.1, 0.15) is 151 Å². The molecule has 4 fully saturated rings. The fourth-order valence-electron chi connectivity index (χ4n) is 7.79. The lowest BCUT2D eigenvalue weighted by molar-refractivity contribution is -0.133. The highest BCUT2D eigenvalue weighted by Gasteiger charge is 2.33. The molecule has 2 saturated heterocycles. The zero-order chi connectivity index (χ0) is 42.8. The Hall–Kier alpha value is -5.41. The number of benzene rings is 1. The van der Waals surface area contributed by atoms with Crippen molar-refractivity contribution in [2.24, 2.45) is 17.6 Å². The molecule has 8 rings (SSSR count). The van der Waals surface area contributed by atoms with E-state index in [0.717, 1.165) is 87.1 Å². The molecule has 15 heteroatoms. The number of piperidine rings is 2. The summed E-state index contributed by atoms with van der Waals surface area (Å²) in [5, 5.41) is 20.4. The van der Waals surface area contributed by atoms with E-state index in [-0.39, 0.29) is 41.6 Å². The predicted octanol–water partition coefficient (Wildman–Crippen LogP) is 6.26. The van der Waals surface area contributed by atoms with Gasteiger partial charge in [0, 0.05) is 54.9 Å². The van der Waals surface area contributed by atoms with Crippen molar-refractivity contribution in [3.8, 4) is 0 Å². The van der Waals surface area contributed by atoms with E-state index in [2.05, 4.69) is 36.6 Å². The molecule has 2 saturated carbocycles. The molecule has 3 aromatic heterocycles. The van der Waals surface area contributed by atoms with Gasteiger partial charge in [0.1, 0.15) is 11.5 Å². The number of nitrogens with zero attached hydrogens (tertiary/aromatic N) is 4. The molecule has 3 unspecified atom stereocenters. The maximum atomic E-state index is 13.1. The van der Waals surface area contributed by atoms with Gasteiger partial charge in [0.05, 0.1) is 24.0 Å². The summed E-state index contributed by atoms with van der Waals surface area (Å²) in [6.07, 6.45) is 11.4. The summed E-state index contributed by atoms with van der Waals surface area (Å²) < 4.78 is 10.6. The number of nitrogens with two attached hydrogens (primary N) is 1. The number of carbonyl (C=O) groups is 4. The zero-order valence-electron chi connectivity index (χ0n) is 35.5. The van der Waals surface area contributed by atoms with Crippen LogP contribution in [0.2, 0.25) is 0 Å². The molecule has 4 aliphatic rings. The third-order valence-corrected chi connectivity index (χ3v) is 11.6. The summed E-state index contributed by atoms with van der Waals surface area (Å²) in [5.41, 5.74) is 9.37. The van der Waals surface area contributed by atoms with Crippen LogP contribution in [0.4, 0.5) is 5.69 Å². The minimum absolute atomic E-state index is 0.000316. The van der Waals surface area contributed by atoms with E-state index in [1.165, 1.54) is 0 Å². The molecule has 2 aliphatic heterocycles. The minimum Gasteiger partial charge on any atom is -0.360 e. The number of amides is 4. The number of pyridine rings is 1. The van der Waals surface area contributed by atoms with Crippen LogP contribution in [0.5, 0.6) is 0 Å². The number of hydrogen-bond donors (Lipinski definition) is 5. The van der Waals surface area contributed by atoms with Gasteiger partial charge in [0.2, 0.25) is 5.91 Å². The Bertz CT molecular complexity index is 2060. The van der Waals surface area contributed by atoms with Crippen LogP contribution in [0.25, 0.3) is 0 Å². The highest BCUT2D eigenvalue weighted by atomic mass is 16.5. The number of rotatable bonds is 12. The first-order valence-corrected chi connectivity index (χ1v) is 21.7. The van der Waals surface area contributed by atoms with Gasteiger partial charge < -0.3 is 40.9 Å². The Morgan fingerprint density at radius 3 is 1.93 bits per heavy atom. The number of anilines is 1. The van der Waals surface area contributed by atoms with Gasteiger partial charge in [-0.05, 0) is 126 Å². The first-order valence-electron chi connectivity index (χ1n) is 21.7. The van der Waals surface area contributed by atoms with Crippen molar-refractivity contribution >= 4 is 29.3 Å². The van der Waals surface area contributed by atoms with Gasteiger partial charge in [-0.25, -0.2) is 0 Å². The van der Waals surface area contributed by atoms with E-state index in [1.807, 2.05) is 56.9 Å². The van der Waals surface area contributed by atoms with Crippen LogP contribution >= 0.6 is 0 Å². The van der Waals surface area contributed by atoms with Crippen molar-refractivity contribution in [1.82, 2.24) is 36.1 Å². The molecule has 0 bridgehead atoms. The smallest absolute Gasteiger partial charge is 0.273 e. The van der Waals surface area contributed by atoms with Gasteiger partial charge in [0.25, 0.3) is 17.7 Å². The van der Waals surface area contributed by atoms with Crippen molar-refractivity contribution in [2.75, 3.05) is 31.5 Å². The number of hydrogen-bond acceptors (Lipinski definition) is 11. The maximum absolute atomic E-state index is 13.1. The third kappa shape index (κ3) is 11.9. The van der Waals surface area contributed by atoms with Gasteiger partial charge in [0.15, 0.2) is 11.4 Å². The zero-order valence-corrected chi connectivity index (χ0v) is 35.5. The van der Waals surface area contributed by atoms with Crippen molar-refractivity contribution in [2.45, 2.75) is 116 Å². The second-order valence-electron chi connectivity index (χ2n) is 16.4. The topological polar surface area (TPSA) is 211 Å². The van der Waals surface area contributed by atoms with E-state index in [0.29, 0.717) is 53.5 Å². The monoisotopic (exact) mass is 823 g/mol. The lowest BCUT2D eigenvalue weighted by Crippen LogP contribution is -2.49. The molecule has 4 aromatic rings. The van der Waals surface area contributed by atoms with E-state index in [9.17, 15) is 19.2 Å². The molecule has 3 atom stereocenters. The second-order valence-corrected chi connectivity index (χ2v) is 16.4. The number of carbonyl (C=O) groups excluding carboxylic acids is 4. The SMILES string of the molecule is CC.CC(N)C(=O)N1CCC(C(C)NC(=O)c2cc(C3CC3)on2)CC1.Cc1cncc(NC(=O)c2cccc(C(NC(=O)c3cc(C4CC4)on3)C3CCNCC3)c2)c1. The molecule has 15 nitrogen and oxygen atoms in total. The molecule has 0 spiro atoms. The molecule has 4 amide bonds. The Morgan fingerprint density at radius 2 is 1.37 bits per heavy atom. The molecule has 6 N–H and O–H groups in total. The van der Waals surface area contributed by atoms with E-state index < -0.39 is 6.04 Å². The van der Waals surface area contributed by atoms with Crippen LogP contribution < -0.4 is 27.0 Å². The van der Waals surface area contributed by atoms with Gasteiger partial charge in [-0.2, -0.15) is 0 Å². The Kier molecular flexibility index (Phi) is 15.2. The summed E-state index contributed by atoms with van der Waals surface area (Å²) in [4.78, 5) is 56.2. The molecular weight excluding hydrogens is 763 g/mol. The minimum atomic E-state index is -0.452. The standard InChI is InChI=1S/C26H29N5O3.C17H26N4O3.C2H6/c1-16-11-21(15-28-14-16)29-25(32)20-4-2-3-19(12-20)24(18-7-9-27-10-8-18)30-26(33)22-13-23(34-31-22)17-5-6-17;1-10(18)17(23)21-7-5-12(6-8-21)11(2)19-16(22)14-9-15(24-20-14)13-3-4-13;1-2/h2-4,11-15,17-18,24,27H,5-10H2,1H3,(H,29,32)(H,30,33);9-13H,3-8,18H2,1-2H3,(H,19,22);1-2H3. The summed E-state index contributed by atoms with van der Waals surface area (Å²) in [7, 11) is 0. The average molecular weight is 824 g/mol. The van der Waals surface area contributed by atoms with Gasteiger partial charge in [-0.3, -0.25) is 24.2 Å². The summed E-state index contributed by atoms with van der Waals surface area (Å²) >= 11 is 0. The Morgan fingerprint density at radius 1 is 0.767 bits per heavy atom. The van der Waals surface area contributed by atoms with Crippen LogP contribution in [-0.2, 0) is 4.79 Å². The van der Waals surface area contributed by atoms with Gasteiger partial charge in [-0.15, -0.1) is 0 Å². The summed E-state index contributed by atoms with van der Waals surface area (Å²) in [6, 6.07) is 12.2. The number of aryl methyl sites for hydroxylation is 1. The fraction of sp³-hybridized carbons (Fsp3) is 0.533. The number of aromatic nitrogens is 3. The molecule has 0 radical (unpaired) electrons. The van der Waals surface area contributed by atoms with Crippen molar-refractivity contribution in [3.63, 3.8) is 0 Å². The number of nitrogens with one attached hydrogen (secondary N) is 4. The highest BCUT2D eigenvalue weighted by Crippen LogP contribution is 2.41. The fourth-order valence-corrected chi connectivity index (χ4v) is 7.79. The molecule has 322 valence electrons.